The number of fused-ring (bicyclic) bond motifs is 1. The minimum atomic E-state index is -0.793. The molecule has 1 aliphatic rings. The van der Waals surface area contributed by atoms with Gasteiger partial charge in [0.15, 0.2) is 11.6 Å². The third-order valence-electron chi connectivity index (χ3n) is 4.13. The zero-order valence-electron chi connectivity index (χ0n) is 11.7. The Hall–Kier alpha value is -1.22. The van der Waals surface area contributed by atoms with E-state index >= 15 is 0 Å². The van der Waals surface area contributed by atoms with Gasteiger partial charge in [0.1, 0.15) is 0 Å². The van der Waals surface area contributed by atoms with Crippen LogP contribution in [0, 0.1) is 11.6 Å². The second-order valence-corrected chi connectivity index (χ2v) is 6.76. The average molecular weight is 351 g/mol. The van der Waals surface area contributed by atoms with Crippen LogP contribution < -0.4 is 0 Å². The smallest absolute Gasteiger partial charge is 0.159 e. The van der Waals surface area contributed by atoms with Crippen LogP contribution in [-0.4, -0.2) is 0 Å². The van der Waals surface area contributed by atoms with Crippen molar-refractivity contribution < 1.29 is 8.78 Å². The summed E-state index contributed by atoms with van der Waals surface area (Å²) in [6, 6.07) is 10.7. The minimum absolute atomic E-state index is 0.120. The predicted molar refractivity (Wildman–Crippen MR) is 84.8 cm³/mol. The molecule has 3 rings (SSSR count). The van der Waals surface area contributed by atoms with Crippen LogP contribution >= 0.6 is 15.9 Å². The van der Waals surface area contributed by atoms with E-state index < -0.39 is 11.6 Å². The molecule has 0 aliphatic heterocycles. The van der Waals surface area contributed by atoms with Gasteiger partial charge in [0.05, 0.1) is 0 Å². The Morgan fingerprint density at radius 3 is 2.43 bits per heavy atom. The van der Waals surface area contributed by atoms with Crippen molar-refractivity contribution in [3.8, 4) is 0 Å². The summed E-state index contributed by atoms with van der Waals surface area (Å²) in [5, 5.41) is 0. The van der Waals surface area contributed by atoms with Gasteiger partial charge in [-0.1, -0.05) is 40.2 Å². The first-order valence-corrected chi connectivity index (χ1v) is 8.25. The molecular weight excluding hydrogens is 334 g/mol. The Balaban J connectivity index is 1.78. The molecule has 110 valence electrons. The highest BCUT2D eigenvalue weighted by molar-refractivity contribution is 9.09. The highest BCUT2D eigenvalue weighted by Crippen LogP contribution is 2.31. The van der Waals surface area contributed by atoms with E-state index in [1.807, 2.05) is 0 Å². The van der Waals surface area contributed by atoms with Crippen molar-refractivity contribution in [2.45, 2.75) is 36.9 Å². The first-order valence-electron chi connectivity index (χ1n) is 7.33. The Morgan fingerprint density at radius 2 is 1.67 bits per heavy atom. The van der Waals surface area contributed by atoms with Gasteiger partial charge >= 0.3 is 0 Å². The molecule has 1 atom stereocenters. The molecule has 2 aromatic carbocycles. The molecule has 0 aromatic heterocycles. The molecule has 3 heteroatoms. The molecule has 0 saturated carbocycles. The van der Waals surface area contributed by atoms with Crippen molar-refractivity contribution >= 4 is 15.9 Å². The molecule has 0 fully saturated rings. The molecular formula is C18H17BrF2. The lowest BCUT2D eigenvalue weighted by Crippen LogP contribution is -2.04. The average Bonchev–Trinajstić information content (AvgIpc) is 2.50. The lowest BCUT2D eigenvalue weighted by Gasteiger charge is -2.18. The van der Waals surface area contributed by atoms with Crippen LogP contribution in [0.25, 0.3) is 0 Å². The van der Waals surface area contributed by atoms with Crippen molar-refractivity contribution in [1.29, 1.82) is 0 Å². The summed E-state index contributed by atoms with van der Waals surface area (Å²) in [5.41, 5.74) is 4.90. The van der Waals surface area contributed by atoms with Crippen molar-refractivity contribution in [1.82, 2.24) is 0 Å². The zero-order chi connectivity index (χ0) is 14.8. The molecule has 0 nitrogen and oxygen atoms in total. The fourth-order valence-corrected chi connectivity index (χ4v) is 3.60. The SMILES string of the molecule is Fc1ccc(CC(Br)c2ccc3c(c2)CCCC3)cc1F. The topological polar surface area (TPSA) is 0 Å². The minimum Gasteiger partial charge on any atom is -0.204 e. The van der Waals surface area contributed by atoms with E-state index in [1.54, 1.807) is 6.07 Å². The van der Waals surface area contributed by atoms with E-state index in [9.17, 15) is 8.78 Å². The van der Waals surface area contributed by atoms with Gasteiger partial charge in [0.25, 0.3) is 0 Å². The molecule has 0 radical (unpaired) electrons. The molecule has 1 aliphatic carbocycles. The second kappa shape index (κ2) is 6.27. The van der Waals surface area contributed by atoms with Gasteiger partial charge in [0, 0.05) is 4.83 Å². The summed E-state index contributed by atoms with van der Waals surface area (Å²) in [5.74, 6) is -1.57. The van der Waals surface area contributed by atoms with Gasteiger partial charge < -0.3 is 0 Å². The van der Waals surface area contributed by atoms with Gasteiger partial charge in [0.2, 0.25) is 0 Å². The fourth-order valence-electron chi connectivity index (χ4n) is 2.94. The first kappa shape index (κ1) is 14.7. The van der Waals surface area contributed by atoms with Crippen LogP contribution in [0.1, 0.15) is 39.9 Å². The first-order chi connectivity index (χ1) is 10.1. The van der Waals surface area contributed by atoms with Crippen LogP contribution in [0.5, 0.6) is 0 Å². The van der Waals surface area contributed by atoms with E-state index in [0.29, 0.717) is 6.42 Å². The number of benzene rings is 2. The second-order valence-electron chi connectivity index (χ2n) is 5.66. The maximum atomic E-state index is 13.3. The Morgan fingerprint density at radius 1 is 0.905 bits per heavy atom. The molecule has 0 spiro atoms. The van der Waals surface area contributed by atoms with E-state index in [0.717, 1.165) is 12.0 Å². The van der Waals surface area contributed by atoms with Gasteiger partial charge in [-0.3, -0.25) is 0 Å². The molecule has 2 aromatic rings. The highest BCUT2D eigenvalue weighted by atomic mass is 79.9. The standard InChI is InChI=1S/C18H17BrF2/c19-16(9-12-5-8-17(20)18(21)10-12)15-7-6-13-3-1-2-4-14(13)11-15/h5-8,10-11,16H,1-4,9H2. The van der Waals surface area contributed by atoms with Crippen LogP contribution in [0.15, 0.2) is 36.4 Å². The quantitative estimate of drug-likeness (QED) is 0.639. The molecule has 0 amide bonds. The summed E-state index contributed by atoms with van der Waals surface area (Å²) in [4.78, 5) is 0.120. The van der Waals surface area contributed by atoms with Gasteiger partial charge in [-0.05, 0) is 66.5 Å². The molecule has 1 unspecified atom stereocenters. The lowest BCUT2D eigenvalue weighted by molar-refractivity contribution is 0.507. The fraction of sp³-hybridized carbons (Fsp3) is 0.333. The third kappa shape index (κ3) is 3.34. The normalized spacial score (nSPS) is 15.6. The molecule has 0 saturated heterocycles. The molecule has 0 bridgehead atoms. The van der Waals surface area contributed by atoms with Crippen molar-refractivity contribution in [3.05, 3.63) is 70.3 Å². The van der Waals surface area contributed by atoms with Gasteiger partial charge in [-0.25, -0.2) is 8.78 Å². The van der Waals surface area contributed by atoms with E-state index in [2.05, 4.69) is 34.1 Å². The summed E-state index contributed by atoms with van der Waals surface area (Å²) in [7, 11) is 0. The van der Waals surface area contributed by atoms with Crippen LogP contribution in [-0.2, 0) is 19.3 Å². The van der Waals surface area contributed by atoms with Gasteiger partial charge in [-0.15, -0.1) is 0 Å². The number of alkyl halides is 1. The summed E-state index contributed by atoms with van der Waals surface area (Å²) < 4.78 is 26.2. The Labute approximate surface area is 132 Å². The highest BCUT2D eigenvalue weighted by Gasteiger charge is 2.14. The summed E-state index contributed by atoms with van der Waals surface area (Å²) in [6.45, 7) is 0. The number of halogens is 3. The predicted octanol–water partition coefficient (Wildman–Crippen LogP) is 5.52. The van der Waals surface area contributed by atoms with E-state index in [1.165, 1.54) is 48.1 Å². The van der Waals surface area contributed by atoms with Crippen LogP contribution in [0.2, 0.25) is 0 Å². The van der Waals surface area contributed by atoms with E-state index in [4.69, 9.17) is 0 Å². The molecule has 21 heavy (non-hydrogen) atoms. The Bertz CT molecular complexity index is 652. The number of hydrogen-bond acceptors (Lipinski definition) is 0. The third-order valence-corrected chi connectivity index (χ3v) is 4.99. The van der Waals surface area contributed by atoms with Crippen molar-refractivity contribution in [3.63, 3.8) is 0 Å². The number of hydrogen-bond donors (Lipinski definition) is 0. The van der Waals surface area contributed by atoms with Crippen molar-refractivity contribution in [2.24, 2.45) is 0 Å². The molecule has 0 N–H and O–H groups in total. The van der Waals surface area contributed by atoms with Crippen molar-refractivity contribution in [2.75, 3.05) is 0 Å². The largest absolute Gasteiger partial charge is 0.204 e. The van der Waals surface area contributed by atoms with Crippen LogP contribution in [0.4, 0.5) is 8.78 Å². The summed E-state index contributed by atoms with van der Waals surface area (Å²) >= 11 is 3.68. The van der Waals surface area contributed by atoms with Crippen LogP contribution in [0.3, 0.4) is 0 Å². The van der Waals surface area contributed by atoms with Gasteiger partial charge in [-0.2, -0.15) is 0 Å². The lowest BCUT2D eigenvalue weighted by atomic mass is 9.89. The maximum Gasteiger partial charge on any atom is 0.159 e. The number of rotatable bonds is 3. The zero-order valence-corrected chi connectivity index (χ0v) is 13.3. The van der Waals surface area contributed by atoms with E-state index in [-0.39, 0.29) is 4.83 Å². The molecule has 0 heterocycles. The maximum absolute atomic E-state index is 13.3. The Kier molecular flexibility index (Phi) is 4.39. The monoisotopic (exact) mass is 350 g/mol. The summed E-state index contributed by atoms with van der Waals surface area (Å²) in [6.07, 6.45) is 5.50. The number of aryl methyl sites for hydroxylation is 2.